The maximum Gasteiger partial charge on any atom is 0.371 e. The van der Waals surface area contributed by atoms with Gasteiger partial charge >= 0.3 is 123 Å². The third-order valence-corrected chi connectivity index (χ3v) is 10.9. The molecule has 2 N–H and O–H groups in total. The number of hydrogen-bond acceptors (Lipinski definition) is 3. The number of carboxylic acids is 2. The van der Waals surface area contributed by atoms with Crippen LogP contribution >= 0.6 is 7.26 Å². The first kappa shape index (κ1) is 26.6. The van der Waals surface area contributed by atoms with E-state index in [9.17, 15) is 9.59 Å². The van der Waals surface area contributed by atoms with Gasteiger partial charge in [0.2, 0.25) is 11.5 Å². The van der Waals surface area contributed by atoms with Gasteiger partial charge in [0, 0.05) is 0 Å². The average Bonchev–Trinajstić information content (AvgIpc) is 3.18. The van der Waals surface area contributed by atoms with Crippen LogP contribution in [0, 0.1) is 0 Å². The minimum absolute atomic E-state index is 0.373. The van der Waals surface area contributed by atoms with Gasteiger partial charge in [0.1, 0.15) is 0 Å². The minimum atomic E-state index is -1.28. The Balaban J connectivity index is 0.000000567. The molecule has 0 unspecified atom stereocenters. The summed E-state index contributed by atoms with van der Waals surface area (Å²) in [7, 11) is -0.879. The fourth-order valence-electron chi connectivity index (χ4n) is 3.52. The molecule has 0 saturated heterocycles. The first-order valence-corrected chi connectivity index (χ1v) is 13.7. The number of furan rings is 1. The monoisotopic (exact) mass is 416 g/mol. The van der Waals surface area contributed by atoms with Crippen LogP contribution in [0.5, 0.6) is 0 Å². The number of hydrogen-bond donors (Lipinski definition) is 2. The van der Waals surface area contributed by atoms with Crippen molar-refractivity contribution in [1.29, 1.82) is 0 Å². The third kappa shape index (κ3) is 10.8. The van der Waals surface area contributed by atoms with Crippen molar-refractivity contribution in [2.75, 3.05) is 24.6 Å². The van der Waals surface area contributed by atoms with Gasteiger partial charge in [-0.25, -0.2) is 9.59 Å². The van der Waals surface area contributed by atoms with Gasteiger partial charge in [-0.2, -0.15) is 0 Å². The van der Waals surface area contributed by atoms with Crippen molar-refractivity contribution in [2.45, 2.75) is 79.1 Å². The Morgan fingerprint density at radius 1 is 0.714 bits per heavy atom. The second-order valence-electron chi connectivity index (χ2n) is 7.69. The molecule has 0 aliphatic carbocycles. The smallest absolute Gasteiger partial charge is 0.371 e. The van der Waals surface area contributed by atoms with E-state index >= 15 is 0 Å². The number of carboxylic acid groups (broad SMARTS) is 2. The summed E-state index contributed by atoms with van der Waals surface area (Å²) in [4.78, 5) is 20.3. The van der Waals surface area contributed by atoms with Gasteiger partial charge in [0.15, 0.2) is 0 Å². The Morgan fingerprint density at radius 2 is 1.00 bits per heavy atom. The standard InChI is InChI=1S/C16H37P.C6H4O5/c1-5-9-13-17(14-10-6-2,15-11-7-3)16-12-8-4;7-5(8)3-1-2-4(11-3)6(9)10/h17H,5-16H2,1-4H3;1-2H,(H,7,8)(H,9,10). The van der Waals surface area contributed by atoms with Gasteiger partial charge in [-0.1, -0.05) is 0 Å². The molecule has 5 nitrogen and oxygen atoms in total. The molecular weight excluding hydrogens is 375 g/mol. The van der Waals surface area contributed by atoms with Crippen LogP contribution in [0.1, 0.15) is 100 Å². The SMILES string of the molecule is CCCC[PH](CCCC)(CCCC)CCCC.O=C(O)c1ccc(C(=O)O)o1. The van der Waals surface area contributed by atoms with E-state index in [2.05, 4.69) is 32.1 Å². The number of carbonyl (C=O) groups is 2. The molecule has 28 heavy (non-hydrogen) atoms. The molecule has 0 amide bonds. The summed E-state index contributed by atoms with van der Waals surface area (Å²) < 4.78 is 4.41. The Bertz CT molecular complexity index is 487. The molecule has 0 bridgehead atoms. The molecule has 1 rings (SSSR count). The zero-order valence-corrected chi connectivity index (χ0v) is 19.3. The van der Waals surface area contributed by atoms with Crippen molar-refractivity contribution >= 4 is 19.2 Å². The van der Waals surface area contributed by atoms with Crippen LogP contribution in [0.4, 0.5) is 0 Å². The first-order chi connectivity index (χ1) is 13.4. The van der Waals surface area contributed by atoms with Crippen LogP contribution in [0.15, 0.2) is 16.5 Å². The van der Waals surface area contributed by atoms with Gasteiger partial charge < -0.3 is 14.6 Å². The molecule has 0 aliphatic rings. The van der Waals surface area contributed by atoms with E-state index in [1.54, 1.807) is 24.6 Å². The van der Waals surface area contributed by atoms with Crippen molar-refractivity contribution in [3.63, 3.8) is 0 Å². The Labute approximate surface area is 171 Å². The van der Waals surface area contributed by atoms with E-state index in [0.29, 0.717) is 0 Å². The molecule has 1 aromatic heterocycles. The van der Waals surface area contributed by atoms with E-state index in [1.807, 2.05) is 0 Å². The second kappa shape index (κ2) is 15.6. The van der Waals surface area contributed by atoms with Crippen LogP contribution in [-0.2, 0) is 0 Å². The van der Waals surface area contributed by atoms with Gasteiger partial charge in [-0.3, -0.25) is 0 Å². The molecule has 0 aromatic carbocycles. The maximum absolute atomic E-state index is 10.2. The predicted octanol–water partition coefficient (Wildman–Crippen LogP) is 6.61. The van der Waals surface area contributed by atoms with E-state index in [1.165, 1.54) is 51.4 Å². The fraction of sp³-hybridized carbons (Fsp3) is 0.727. The molecule has 1 aromatic rings. The van der Waals surface area contributed by atoms with Crippen LogP contribution < -0.4 is 0 Å². The van der Waals surface area contributed by atoms with Gasteiger partial charge in [-0.05, 0) is 12.1 Å². The van der Waals surface area contributed by atoms with E-state index in [4.69, 9.17) is 10.2 Å². The summed E-state index contributed by atoms with van der Waals surface area (Å²) in [6, 6.07) is 2.18. The molecule has 6 heteroatoms. The molecule has 0 radical (unpaired) electrons. The molecule has 164 valence electrons. The molecule has 0 fully saturated rings. The molecule has 0 spiro atoms. The average molecular weight is 417 g/mol. The largest absolute Gasteiger partial charge is 0.475 e. The van der Waals surface area contributed by atoms with E-state index < -0.39 is 19.2 Å². The number of unbranched alkanes of at least 4 members (excludes halogenated alkanes) is 4. The van der Waals surface area contributed by atoms with Crippen molar-refractivity contribution < 1.29 is 24.2 Å². The third-order valence-electron chi connectivity index (χ3n) is 5.27. The van der Waals surface area contributed by atoms with Crippen LogP contribution in [0.2, 0.25) is 0 Å². The summed E-state index contributed by atoms with van der Waals surface area (Å²) in [5, 5.41) is 16.6. The Morgan fingerprint density at radius 3 is 1.18 bits per heavy atom. The molecule has 0 aliphatic heterocycles. The fourth-order valence-corrected chi connectivity index (χ4v) is 9.44. The van der Waals surface area contributed by atoms with Crippen LogP contribution in [0.25, 0.3) is 0 Å². The second-order valence-corrected chi connectivity index (χ2v) is 12.7. The molecular formula is C22H41O5P. The van der Waals surface area contributed by atoms with Crippen molar-refractivity contribution in [1.82, 2.24) is 0 Å². The van der Waals surface area contributed by atoms with E-state index in [-0.39, 0.29) is 11.5 Å². The summed E-state index contributed by atoms with van der Waals surface area (Å²) in [5.74, 6) is -3.31. The van der Waals surface area contributed by atoms with Crippen LogP contribution in [-0.4, -0.2) is 46.8 Å². The Hall–Kier alpha value is -1.35. The quantitative estimate of drug-likeness (QED) is 0.333. The minimum Gasteiger partial charge on any atom is -0.475 e. The Kier molecular flexibility index (Phi) is 14.8. The molecule has 0 saturated carbocycles. The zero-order valence-electron chi connectivity index (χ0n) is 18.3. The van der Waals surface area contributed by atoms with Crippen molar-refractivity contribution in [2.24, 2.45) is 0 Å². The molecule has 1 heterocycles. The molecule has 0 atom stereocenters. The summed E-state index contributed by atoms with van der Waals surface area (Å²) in [6.45, 7) is 9.44. The van der Waals surface area contributed by atoms with Crippen molar-refractivity contribution in [3.8, 4) is 0 Å². The number of rotatable bonds is 14. The normalized spacial score (nSPS) is 11.6. The summed E-state index contributed by atoms with van der Waals surface area (Å²) in [6.07, 6.45) is 18.1. The number of aromatic carboxylic acids is 2. The topological polar surface area (TPSA) is 87.7 Å². The predicted molar refractivity (Wildman–Crippen MR) is 120 cm³/mol. The van der Waals surface area contributed by atoms with E-state index in [0.717, 1.165) is 12.1 Å². The van der Waals surface area contributed by atoms with Gasteiger partial charge in [0.25, 0.3) is 0 Å². The summed E-state index contributed by atoms with van der Waals surface area (Å²) >= 11 is 0. The van der Waals surface area contributed by atoms with Gasteiger partial charge in [0.05, 0.1) is 0 Å². The zero-order chi connectivity index (χ0) is 21.4. The first-order valence-electron chi connectivity index (χ1n) is 10.9. The van der Waals surface area contributed by atoms with Crippen molar-refractivity contribution in [3.05, 3.63) is 23.7 Å². The summed E-state index contributed by atoms with van der Waals surface area (Å²) in [5.41, 5.74) is 0. The van der Waals surface area contributed by atoms with Gasteiger partial charge in [-0.15, -0.1) is 0 Å². The maximum atomic E-state index is 10.2. The van der Waals surface area contributed by atoms with Crippen LogP contribution in [0.3, 0.4) is 0 Å².